The smallest absolute Gasteiger partial charge is 0.426 e. The van der Waals surface area contributed by atoms with Gasteiger partial charge in [0, 0.05) is 17.2 Å². The number of aryl methyl sites for hydroxylation is 2. The molecular formula is C38H33F5O. The van der Waals surface area contributed by atoms with E-state index in [4.69, 9.17) is 4.74 Å². The fraction of sp³-hybridized carbons (Fsp3) is 0.211. The van der Waals surface area contributed by atoms with E-state index in [-0.39, 0.29) is 16.9 Å². The van der Waals surface area contributed by atoms with Crippen molar-refractivity contribution >= 4 is 0 Å². The van der Waals surface area contributed by atoms with Crippen LogP contribution in [0.2, 0.25) is 0 Å². The van der Waals surface area contributed by atoms with E-state index in [1.807, 2.05) is 18.2 Å². The molecule has 0 amide bonds. The standard InChI is InChI=1S/C38H33F5O/c1-3-5-6-7-25-8-10-27(11-9-25)29-15-20-34(36(40)22-29)30-16-21-33(37(41)23-30)28-12-17-31(18-13-28)38(42,43)44-32-19-14-26(4-2)35(39)24-32/h8-24H,3-7H2,1-2H3. The minimum absolute atomic E-state index is 0.179. The third-order valence-corrected chi connectivity index (χ3v) is 7.79. The van der Waals surface area contributed by atoms with Crippen molar-refractivity contribution in [2.45, 2.75) is 52.1 Å². The van der Waals surface area contributed by atoms with Gasteiger partial charge in [-0.15, -0.1) is 0 Å². The van der Waals surface area contributed by atoms with Crippen molar-refractivity contribution in [3.05, 3.63) is 137 Å². The van der Waals surface area contributed by atoms with Crippen molar-refractivity contribution in [1.82, 2.24) is 0 Å². The van der Waals surface area contributed by atoms with E-state index in [2.05, 4.69) is 19.1 Å². The lowest BCUT2D eigenvalue weighted by atomic mass is 9.96. The van der Waals surface area contributed by atoms with E-state index in [0.29, 0.717) is 23.1 Å². The van der Waals surface area contributed by atoms with Gasteiger partial charge in [-0.1, -0.05) is 93.4 Å². The molecule has 0 unspecified atom stereocenters. The van der Waals surface area contributed by atoms with Crippen molar-refractivity contribution in [3.8, 4) is 39.1 Å². The van der Waals surface area contributed by atoms with Crippen LogP contribution < -0.4 is 4.74 Å². The van der Waals surface area contributed by atoms with Crippen molar-refractivity contribution in [3.63, 3.8) is 0 Å². The third kappa shape index (κ3) is 7.02. The highest BCUT2D eigenvalue weighted by molar-refractivity contribution is 5.74. The lowest BCUT2D eigenvalue weighted by molar-refractivity contribution is -0.185. The lowest BCUT2D eigenvalue weighted by Gasteiger charge is -2.19. The summed E-state index contributed by atoms with van der Waals surface area (Å²) in [4.78, 5) is 0. The monoisotopic (exact) mass is 600 g/mol. The number of alkyl halides is 2. The first-order valence-electron chi connectivity index (χ1n) is 14.8. The summed E-state index contributed by atoms with van der Waals surface area (Å²) < 4.78 is 78.9. The molecule has 6 heteroatoms. The van der Waals surface area contributed by atoms with Crippen LogP contribution in [0.3, 0.4) is 0 Å². The van der Waals surface area contributed by atoms with Gasteiger partial charge in [-0.2, -0.15) is 8.78 Å². The molecule has 0 N–H and O–H groups in total. The molecule has 1 nitrogen and oxygen atoms in total. The summed E-state index contributed by atoms with van der Waals surface area (Å²) in [7, 11) is 0. The number of hydrogen-bond donors (Lipinski definition) is 0. The largest absolute Gasteiger partial charge is 0.429 e. The Labute approximate surface area is 255 Å². The fourth-order valence-electron chi connectivity index (χ4n) is 5.22. The first-order valence-corrected chi connectivity index (χ1v) is 14.8. The number of halogens is 5. The molecular weight excluding hydrogens is 567 g/mol. The van der Waals surface area contributed by atoms with Crippen molar-refractivity contribution in [2.75, 3.05) is 0 Å². The van der Waals surface area contributed by atoms with E-state index < -0.39 is 29.1 Å². The van der Waals surface area contributed by atoms with Gasteiger partial charge in [0.1, 0.15) is 23.2 Å². The number of ether oxygens (including phenoxy) is 1. The highest BCUT2D eigenvalue weighted by Gasteiger charge is 2.34. The summed E-state index contributed by atoms with van der Waals surface area (Å²) in [5, 5.41) is 0. The Balaban J connectivity index is 1.30. The summed E-state index contributed by atoms with van der Waals surface area (Å²) >= 11 is 0. The zero-order valence-corrected chi connectivity index (χ0v) is 24.6. The molecule has 5 rings (SSSR count). The van der Waals surface area contributed by atoms with Gasteiger partial charge in [0.2, 0.25) is 0 Å². The van der Waals surface area contributed by atoms with Gasteiger partial charge < -0.3 is 4.74 Å². The van der Waals surface area contributed by atoms with Crippen LogP contribution in [0, 0.1) is 17.5 Å². The Kier molecular flexibility index (Phi) is 9.48. The highest BCUT2D eigenvalue weighted by Crippen LogP contribution is 2.35. The van der Waals surface area contributed by atoms with Crippen molar-refractivity contribution in [2.24, 2.45) is 0 Å². The van der Waals surface area contributed by atoms with Crippen molar-refractivity contribution < 1.29 is 26.7 Å². The summed E-state index contributed by atoms with van der Waals surface area (Å²) in [6.45, 7) is 3.93. The normalized spacial score (nSPS) is 11.5. The van der Waals surface area contributed by atoms with Crippen molar-refractivity contribution in [1.29, 1.82) is 0 Å². The quantitative estimate of drug-likeness (QED) is 0.108. The Morgan fingerprint density at radius 1 is 0.568 bits per heavy atom. The van der Waals surface area contributed by atoms with Gasteiger partial charge in [-0.25, -0.2) is 13.2 Å². The third-order valence-electron chi connectivity index (χ3n) is 7.79. The SMILES string of the molecule is CCCCCc1ccc(-c2ccc(-c3ccc(-c4ccc(C(F)(F)Oc5ccc(CC)c(F)c5)cc4)c(F)c3)c(F)c2)cc1. The minimum atomic E-state index is -3.73. The first-order chi connectivity index (χ1) is 21.2. The topological polar surface area (TPSA) is 9.23 Å². The molecule has 0 spiro atoms. The Hall–Kier alpha value is -4.45. The van der Waals surface area contributed by atoms with E-state index >= 15 is 8.78 Å². The van der Waals surface area contributed by atoms with Crippen LogP contribution >= 0.6 is 0 Å². The maximum atomic E-state index is 15.2. The molecule has 226 valence electrons. The maximum Gasteiger partial charge on any atom is 0.426 e. The Bertz CT molecular complexity index is 1730. The van der Waals surface area contributed by atoms with Crippen LogP contribution in [0.5, 0.6) is 5.75 Å². The number of unbranched alkanes of at least 4 members (excludes halogenated alkanes) is 2. The van der Waals surface area contributed by atoms with E-state index in [0.717, 1.165) is 42.2 Å². The van der Waals surface area contributed by atoms with E-state index in [1.165, 1.54) is 60.9 Å². The van der Waals surface area contributed by atoms with E-state index in [9.17, 15) is 13.2 Å². The fourth-order valence-corrected chi connectivity index (χ4v) is 5.22. The minimum Gasteiger partial charge on any atom is -0.429 e. The molecule has 5 aromatic rings. The maximum absolute atomic E-state index is 15.2. The van der Waals surface area contributed by atoms with Gasteiger partial charge in [0.25, 0.3) is 0 Å². The predicted octanol–water partition coefficient (Wildman–Crippen LogP) is 11.5. The second kappa shape index (κ2) is 13.5. The summed E-state index contributed by atoms with van der Waals surface area (Å²) in [6.07, 6.45) is 1.21. The van der Waals surface area contributed by atoms with Crippen LogP contribution in [0.15, 0.2) is 103 Å². The molecule has 0 fully saturated rings. The van der Waals surface area contributed by atoms with Gasteiger partial charge in [-0.05, 0) is 83.0 Å². The lowest BCUT2D eigenvalue weighted by Crippen LogP contribution is -2.21. The molecule has 0 aliphatic carbocycles. The van der Waals surface area contributed by atoms with Gasteiger partial charge in [0.15, 0.2) is 0 Å². The molecule has 5 aromatic carbocycles. The van der Waals surface area contributed by atoms with Gasteiger partial charge in [0.05, 0.1) is 5.56 Å². The number of benzene rings is 5. The van der Waals surface area contributed by atoms with Crippen LogP contribution in [-0.2, 0) is 19.0 Å². The van der Waals surface area contributed by atoms with Gasteiger partial charge >= 0.3 is 6.11 Å². The van der Waals surface area contributed by atoms with Crippen LogP contribution in [0.25, 0.3) is 33.4 Å². The molecule has 0 heterocycles. The molecule has 0 aliphatic rings. The zero-order chi connectivity index (χ0) is 31.3. The molecule has 0 atom stereocenters. The molecule has 0 saturated heterocycles. The molecule has 0 saturated carbocycles. The van der Waals surface area contributed by atoms with Crippen LogP contribution in [0.4, 0.5) is 22.0 Å². The zero-order valence-electron chi connectivity index (χ0n) is 24.6. The summed E-state index contributed by atoms with van der Waals surface area (Å²) in [5.74, 6) is -2.01. The molecule has 0 radical (unpaired) electrons. The predicted molar refractivity (Wildman–Crippen MR) is 166 cm³/mol. The van der Waals surface area contributed by atoms with E-state index in [1.54, 1.807) is 19.1 Å². The molecule has 0 aliphatic heterocycles. The summed E-state index contributed by atoms with van der Waals surface area (Å²) in [6, 6.07) is 25.9. The van der Waals surface area contributed by atoms with Crippen LogP contribution in [-0.4, -0.2) is 0 Å². The first kappa shape index (κ1) is 31.0. The average molecular weight is 601 g/mol. The van der Waals surface area contributed by atoms with Crippen LogP contribution in [0.1, 0.15) is 49.8 Å². The molecule has 0 bridgehead atoms. The second-order valence-corrected chi connectivity index (χ2v) is 10.8. The number of hydrogen-bond acceptors (Lipinski definition) is 1. The average Bonchev–Trinajstić information content (AvgIpc) is 3.01. The highest BCUT2D eigenvalue weighted by atomic mass is 19.3. The van der Waals surface area contributed by atoms with Gasteiger partial charge in [-0.3, -0.25) is 0 Å². The second-order valence-electron chi connectivity index (χ2n) is 10.8. The molecule has 44 heavy (non-hydrogen) atoms. The Morgan fingerprint density at radius 2 is 1.16 bits per heavy atom. The number of rotatable bonds is 11. The Morgan fingerprint density at radius 3 is 1.77 bits per heavy atom. The summed E-state index contributed by atoms with van der Waals surface area (Å²) in [5.41, 5.74) is 3.97. The molecule has 0 aromatic heterocycles.